The zero-order chi connectivity index (χ0) is 25.7. The highest BCUT2D eigenvalue weighted by Crippen LogP contribution is 2.43. The van der Waals surface area contributed by atoms with E-state index in [1.807, 2.05) is 23.0 Å². The van der Waals surface area contributed by atoms with Crippen LogP contribution in [0, 0.1) is 22.7 Å². The second-order valence-electron chi connectivity index (χ2n) is 10.7. The van der Waals surface area contributed by atoms with Gasteiger partial charge in [-0.1, -0.05) is 0 Å². The molecule has 0 amide bonds. The molecule has 0 aliphatic carbocycles. The predicted molar refractivity (Wildman–Crippen MR) is 136 cm³/mol. The van der Waals surface area contributed by atoms with Crippen molar-refractivity contribution in [3.05, 3.63) is 29.6 Å². The zero-order valence-electron chi connectivity index (χ0n) is 21.3. The fourth-order valence-corrected chi connectivity index (χ4v) is 6.55. The average molecular weight is 515 g/mol. The Morgan fingerprint density at radius 3 is 2.47 bits per heavy atom. The van der Waals surface area contributed by atoms with Gasteiger partial charge in [0.1, 0.15) is 18.1 Å². The Morgan fingerprint density at radius 2 is 1.76 bits per heavy atom. The third-order valence-electron chi connectivity index (χ3n) is 8.57. The van der Waals surface area contributed by atoms with E-state index in [0.29, 0.717) is 56.1 Å². The summed E-state index contributed by atoms with van der Waals surface area (Å²) in [6, 6.07) is 9.29. The molecule has 4 aliphatic heterocycles. The number of nitrogens with zero attached hydrogens (tertiary/aromatic N) is 8. The molecule has 11 heteroatoms. The van der Waals surface area contributed by atoms with Gasteiger partial charge in [-0.05, 0) is 56.6 Å². The van der Waals surface area contributed by atoms with Crippen molar-refractivity contribution < 1.29 is 14.2 Å². The number of morpholine rings is 1. The van der Waals surface area contributed by atoms with Crippen LogP contribution in [-0.4, -0.2) is 69.7 Å². The summed E-state index contributed by atoms with van der Waals surface area (Å²) in [5.74, 6) is 1.38. The van der Waals surface area contributed by atoms with Gasteiger partial charge in [0.15, 0.2) is 17.2 Å². The summed E-state index contributed by atoms with van der Waals surface area (Å²) in [4.78, 5) is 7.48. The highest BCUT2D eigenvalue weighted by atomic mass is 16.5. The molecule has 3 aromatic rings. The van der Waals surface area contributed by atoms with Gasteiger partial charge in [-0.3, -0.25) is 0 Å². The van der Waals surface area contributed by atoms with Crippen LogP contribution in [0.5, 0.6) is 0 Å². The summed E-state index contributed by atoms with van der Waals surface area (Å²) in [5.41, 5.74) is 0.834. The van der Waals surface area contributed by atoms with Crippen LogP contribution >= 0.6 is 0 Å². The molecule has 3 aromatic heterocycles. The van der Waals surface area contributed by atoms with E-state index in [0.717, 1.165) is 50.1 Å². The van der Waals surface area contributed by atoms with Crippen LogP contribution in [0.15, 0.2) is 18.3 Å². The van der Waals surface area contributed by atoms with Gasteiger partial charge in [-0.25, -0.2) is 9.67 Å². The standard InChI is InChI=1S/C27H30N8O3/c28-14-21-25-20(27(17-29)7-11-36-12-8-27)13-23(34-18-4-5-19(34)16-37-15-18)30-26(25)35(31-21)22-6-9-33(32-22)24-3-1-2-10-38-24/h6,9,13,18-19,24H,1-5,7-8,10-12,15-16H2. The highest BCUT2D eigenvalue weighted by Gasteiger charge is 2.42. The molecule has 7 heterocycles. The fraction of sp³-hybridized carbons (Fsp3) is 0.593. The monoisotopic (exact) mass is 514 g/mol. The third-order valence-corrected chi connectivity index (χ3v) is 8.57. The molecule has 2 bridgehead atoms. The summed E-state index contributed by atoms with van der Waals surface area (Å²) < 4.78 is 20.9. The first-order valence-corrected chi connectivity index (χ1v) is 13.6. The predicted octanol–water partition coefficient (Wildman–Crippen LogP) is 3.13. The summed E-state index contributed by atoms with van der Waals surface area (Å²) in [6.07, 6.45) is 8.06. The lowest BCUT2D eigenvalue weighted by atomic mass is 9.74. The van der Waals surface area contributed by atoms with Gasteiger partial charge in [-0.2, -0.15) is 25.4 Å². The average Bonchev–Trinajstić information content (AvgIpc) is 3.67. The van der Waals surface area contributed by atoms with Gasteiger partial charge < -0.3 is 19.1 Å². The van der Waals surface area contributed by atoms with E-state index in [1.165, 1.54) is 0 Å². The van der Waals surface area contributed by atoms with Crippen LogP contribution in [-0.2, 0) is 19.6 Å². The van der Waals surface area contributed by atoms with Crippen molar-refractivity contribution in [1.82, 2.24) is 24.5 Å². The van der Waals surface area contributed by atoms with E-state index < -0.39 is 5.41 Å². The van der Waals surface area contributed by atoms with E-state index in [2.05, 4.69) is 22.1 Å². The second-order valence-corrected chi connectivity index (χ2v) is 10.7. The lowest BCUT2D eigenvalue weighted by molar-refractivity contribution is -0.0395. The van der Waals surface area contributed by atoms with Crippen molar-refractivity contribution in [2.75, 3.05) is 37.9 Å². The van der Waals surface area contributed by atoms with Crippen molar-refractivity contribution in [2.24, 2.45) is 0 Å². The maximum atomic E-state index is 10.5. The molecule has 0 aromatic carbocycles. The Balaban J connectivity index is 1.43. The van der Waals surface area contributed by atoms with Crippen molar-refractivity contribution in [3.63, 3.8) is 0 Å². The minimum atomic E-state index is -0.783. The van der Waals surface area contributed by atoms with Gasteiger partial charge in [0.2, 0.25) is 0 Å². The Hall–Kier alpha value is -3.51. The lowest BCUT2D eigenvalue weighted by Gasteiger charge is -2.37. The van der Waals surface area contributed by atoms with Crippen LogP contribution in [0.3, 0.4) is 0 Å². The van der Waals surface area contributed by atoms with Crippen LogP contribution in [0.1, 0.15) is 62.4 Å². The van der Waals surface area contributed by atoms with Crippen LogP contribution in [0.4, 0.5) is 5.82 Å². The van der Waals surface area contributed by atoms with Crippen LogP contribution < -0.4 is 4.90 Å². The second kappa shape index (κ2) is 9.35. The quantitative estimate of drug-likeness (QED) is 0.516. The molecule has 4 fully saturated rings. The normalized spacial score (nSPS) is 26.8. The molecule has 38 heavy (non-hydrogen) atoms. The number of anilines is 1. The van der Waals surface area contributed by atoms with Gasteiger partial charge in [0, 0.05) is 32.1 Å². The Bertz CT molecular complexity index is 1420. The number of aromatic nitrogens is 5. The first-order chi connectivity index (χ1) is 18.7. The molecule has 0 radical (unpaired) electrons. The highest BCUT2D eigenvalue weighted by molar-refractivity contribution is 5.89. The minimum absolute atomic E-state index is 0.109. The largest absolute Gasteiger partial charge is 0.381 e. The van der Waals surface area contributed by atoms with Crippen molar-refractivity contribution >= 4 is 16.9 Å². The Kier molecular flexibility index (Phi) is 5.81. The zero-order valence-corrected chi connectivity index (χ0v) is 21.3. The minimum Gasteiger partial charge on any atom is -0.381 e. The number of nitriles is 2. The van der Waals surface area contributed by atoms with E-state index in [1.54, 1.807) is 4.68 Å². The first kappa shape index (κ1) is 23.6. The molecule has 3 unspecified atom stereocenters. The van der Waals surface area contributed by atoms with Crippen molar-refractivity contribution in [3.8, 4) is 18.0 Å². The Morgan fingerprint density at radius 1 is 0.947 bits per heavy atom. The number of hydrogen-bond donors (Lipinski definition) is 0. The molecule has 11 nitrogen and oxygen atoms in total. The molecular weight excluding hydrogens is 484 g/mol. The summed E-state index contributed by atoms with van der Waals surface area (Å²) in [7, 11) is 0. The molecule has 4 aliphatic rings. The molecular formula is C27H30N8O3. The van der Waals surface area contributed by atoms with E-state index >= 15 is 0 Å². The van der Waals surface area contributed by atoms with Gasteiger partial charge in [0.05, 0.1) is 42.2 Å². The number of hydrogen-bond acceptors (Lipinski definition) is 9. The van der Waals surface area contributed by atoms with Crippen LogP contribution in [0.2, 0.25) is 0 Å². The van der Waals surface area contributed by atoms with Gasteiger partial charge in [0.25, 0.3) is 0 Å². The maximum Gasteiger partial charge on any atom is 0.177 e. The number of rotatable bonds is 4. The molecule has 0 N–H and O–H groups in total. The van der Waals surface area contributed by atoms with Gasteiger partial charge >= 0.3 is 0 Å². The van der Waals surface area contributed by atoms with E-state index in [9.17, 15) is 10.5 Å². The number of ether oxygens (including phenoxy) is 3. The molecule has 0 saturated carbocycles. The molecule has 196 valence electrons. The lowest BCUT2D eigenvalue weighted by Crippen LogP contribution is -2.46. The molecule has 7 rings (SSSR count). The van der Waals surface area contributed by atoms with Crippen molar-refractivity contribution in [1.29, 1.82) is 10.5 Å². The smallest absolute Gasteiger partial charge is 0.177 e. The number of fused-ring (bicyclic) bond motifs is 3. The maximum absolute atomic E-state index is 10.5. The third kappa shape index (κ3) is 3.69. The summed E-state index contributed by atoms with van der Waals surface area (Å²) in [6.45, 7) is 3.04. The molecule has 4 saturated heterocycles. The van der Waals surface area contributed by atoms with Crippen LogP contribution in [0.25, 0.3) is 16.9 Å². The molecule has 3 atom stereocenters. The van der Waals surface area contributed by atoms with Crippen molar-refractivity contribution in [2.45, 2.75) is 68.7 Å². The SMILES string of the molecule is N#Cc1nn(-c2ccn(C3CCCCO3)n2)c2nc(N3C4CCC3COC4)cc(C3(C#N)CCOCC3)c12. The summed E-state index contributed by atoms with van der Waals surface area (Å²) in [5, 5.41) is 30.8. The van der Waals surface area contributed by atoms with E-state index in [4.69, 9.17) is 24.3 Å². The molecule has 0 spiro atoms. The topological polar surface area (TPSA) is 127 Å². The summed E-state index contributed by atoms with van der Waals surface area (Å²) >= 11 is 0. The number of pyridine rings is 1. The fourth-order valence-electron chi connectivity index (χ4n) is 6.55. The first-order valence-electron chi connectivity index (χ1n) is 13.6. The van der Waals surface area contributed by atoms with Gasteiger partial charge in [-0.15, -0.1) is 0 Å². The Labute approximate surface area is 220 Å². The van der Waals surface area contributed by atoms with E-state index in [-0.39, 0.29) is 24.0 Å².